The van der Waals surface area contributed by atoms with Gasteiger partial charge in [-0.3, -0.25) is 9.59 Å². The summed E-state index contributed by atoms with van der Waals surface area (Å²) in [5.74, 6) is 1.28. The van der Waals surface area contributed by atoms with Gasteiger partial charge in [-0.1, -0.05) is 0 Å². The van der Waals surface area contributed by atoms with E-state index in [4.69, 9.17) is 18.6 Å². The van der Waals surface area contributed by atoms with Gasteiger partial charge in [-0.25, -0.2) is 4.98 Å². The van der Waals surface area contributed by atoms with E-state index in [-0.39, 0.29) is 23.0 Å². The van der Waals surface area contributed by atoms with Gasteiger partial charge in [0.05, 0.1) is 27.0 Å². The molecule has 0 atom stereocenters. The van der Waals surface area contributed by atoms with Gasteiger partial charge in [0.25, 0.3) is 5.91 Å². The van der Waals surface area contributed by atoms with Crippen molar-refractivity contribution in [2.75, 3.05) is 26.1 Å². The molecule has 0 unspecified atom stereocenters. The molecule has 0 saturated heterocycles. The number of hydrogen-bond donors (Lipinski definition) is 1. The molecule has 2 aromatic carbocycles. The van der Waals surface area contributed by atoms with Crippen molar-refractivity contribution in [2.24, 2.45) is 0 Å². The Labute approximate surface area is 182 Å². The standard InChI is InChI=1S/C22H20N4O6/c1-4-31-15-8-5-13(6-9-15)20-25-26-21(28)16(12-23-22(26)32-20)24-19(27)14-7-10-17(29-2)18(11-14)30-3/h5-12H,4H2,1-3H3,(H,24,27). The van der Waals surface area contributed by atoms with E-state index < -0.39 is 11.5 Å². The van der Waals surface area contributed by atoms with Crippen LogP contribution in [0.1, 0.15) is 17.3 Å². The van der Waals surface area contributed by atoms with Gasteiger partial charge >= 0.3 is 11.4 Å². The number of anilines is 1. The highest BCUT2D eigenvalue weighted by Gasteiger charge is 2.17. The average molecular weight is 436 g/mol. The number of ether oxygens (including phenoxy) is 3. The number of fused-ring (bicyclic) bond motifs is 1. The number of hydrogen-bond acceptors (Lipinski definition) is 8. The predicted octanol–water partition coefficient (Wildman–Crippen LogP) is 3.02. The summed E-state index contributed by atoms with van der Waals surface area (Å²) in [6, 6.07) is 11.7. The summed E-state index contributed by atoms with van der Waals surface area (Å²) in [6.07, 6.45) is 1.23. The first-order chi connectivity index (χ1) is 15.5. The van der Waals surface area contributed by atoms with Crippen molar-refractivity contribution in [3.8, 4) is 28.7 Å². The molecule has 32 heavy (non-hydrogen) atoms. The van der Waals surface area contributed by atoms with Crippen molar-refractivity contribution in [3.63, 3.8) is 0 Å². The maximum atomic E-state index is 12.8. The van der Waals surface area contributed by atoms with Crippen LogP contribution < -0.4 is 25.1 Å². The fourth-order valence-corrected chi connectivity index (χ4v) is 3.02. The summed E-state index contributed by atoms with van der Waals surface area (Å²) in [4.78, 5) is 29.6. The number of carbonyl (C=O) groups is 1. The molecule has 10 nitrogen and oxygen atoms in total. The molecule has 0 spiro atoms. The van der Waals surface area contributed by atoms with Gasteiger partial charge in [-0.15, -0.1) is 9.61 Å². The Bertz CT molecular complexity index is 1330. The third-order valence-electron chi connectivity index (χ3n) is 4.59. The molecule has 0 aliphatic heterocycles. The van der Waals surface area contributed by atoms with Crippen molar-refractivity contribution < 1.29 is 23.4 Å². The molecule has 2 aromatic heterocycles. The maximum Gasteiger partial charge on any atom is 0.328 e. The number of aromatic nitrogens is 3. The highest BCUT2D eigenvalue weighted by atomic mass is 16.5. The van der Waals surface area contributed by atoms with E-state index in [1.54, 1.807) is 36.4 Å². The van der Waals surface area contributed by atoms with Crippen LogP contribution in [0.15, 0.2) is 57.9 Å². The highest BCUT2D eigenvalue weighted by Crippen LogP contribution is 2.28. The van der Waals surface area contributed by atoms with E-state index in [1.165, 1.54) is 26.5 Å². The summed E-state index contributed by atoms with van der Waals surface area (Å²) in [6.45, 7) is 2.45. The smallest absolute Gasteiger partial charge is 0.328 e. The van der Waals surface area contributed by atoms with Crippen LogP contribution in [-0.2, 0) is 0 Å². The lowest BCUT2D eigenvalue weighted by atomic mass is 10.2. The number of nitrogens with zero attached hydrogens (tertiary/aromatic N) is 3. The summed E-state index contributed by atoms with van der Waals surface area (Å²) in [7, 11) is 2.97. The van der Waals surface area contributed by atoms with Crippen molar-refractivity contribution in [1.82, 2.24) is 14.6 Å². The number of rotatable bonds is 7. The third kappa shape index (κ3) is 3.97. The van der Waals surface area contributed by atoms with Gasteiger partial charge in [-0.05, 0) is 49.4 Å². The van der Waals surface area contributed by atoms with E-state index in [1.807, 2.05) is 6.92 Å². The molecule has 4 aromatic rings. The lowest BCUT2D eigenvalue weighted by Gasteiger charge is -2.09. The molecule has 0 aliphatic carbocycles. The average Bonchev–Trinajstić information content (AvgIpc) is 3.26. The van der Waals surface area contributed by atoms with Gasteiger partial charge in [0.1, 0.15) is 11.4 Å². The number of methoxy groups -OCH3 is 2. The Kier molecular flexibility index (Phi) is 5.75. The second kappa shape index (κ2) is 8.80. The fourth-order valence-electron chi connectivity index (χ4n) is 3.02. The van der Waals surface area contributed by atoms with E-state index in [2.05, 4.69) is 15.4 Å². The molecule has 4 rings (SSSR count). The number of benzene rings is 2. The Morgan fingerprint density at radius 3 is 2.53 bits per heavy atom. The maximum absolute atomic E-state index is 12.8. The summed E-state index contributed by atoms with van der Waals surface area (Å²) < 4.78 is 22.4. The Morgan fingerprint density at radius 1 is 1.09 bits per heavy atom. The number of nitrogens with one attached hydrogen (secondary N) is 1. The van der Waals surface area contributed by atoms with Crippen LogP contribution >= 0.6 is 0 Å². The number of carbonyl (C=O) groups excluding carboxylic acids is 1. The molecule has 0 bridgehead atoms. The van der Waals surface area contributed by atoms with Crippen molar-refractivity contribution in [3.05, 3.63) is 64.6 Å². The normalized spacial score (nSPS) is 10.7. The van der Waals surface area contributed by atoms with Crippen LogP contribution in [0, 0.1) is 0 Å². The van der Waals surface area contributed by atoms with Crippen molar-refractivity contribution >= 4 is 17.4 Å². The second-order valence-electron chi connectivity index (χ2n) is 6.56. The van der Waals surface area contributed by atoms with Crippen LogP contribution in [0.2, 0.25) is 0 Å². The summed E-state index contributed by atoms with van der Waals surface area (Å²) in [5, 5.41) is 6.74. The minimum atomic E-state index is -0.579. The summed E-state index contributed by atoms with van der Waals surface area (Å²) >= 11 is 0. The zero-order chi connectivity index (χ0) is 22.7. The van der Waals surface area contributed by atoms with Gasteiger partial charge in [0.15, 0.2) is 11.5 Å². The fraction of sp³-hybridized carbons (Fsp3) is 0.182. The highest BCUT2D eigenvalue weighted by molar-refractivity contribution is 6.04. The first kappa shape index (κ1) is 20.9. The van der Waals surface area contributed by atoms with Gasteiger partial charge < -0.3 is 23.9 Å². The monoisotopic (exact) mass is 436 g/mol. The molecular weight excluding hydrogens is 416 g/mol. The Hall–Kier alpha value is -4.34. The first-order valence-electron chi connectivity index (χ1n) is 9.69. The summed E-state index contributed by atoms with van der Waals surface area (Å²) in [5.41, 5.74) is 0.301. The molecule has 0 aliphatic rings. The zero-order valence-corrected chi connectivity index (χ0v) is 17.6. The molecule has 2 heterocycles. The van der Waals surface area contributed by atoms with Crippen LogP contribution in [0.3, 0.4) is 0 Å². The molecule has 1 amide bonds. The Morgan fingerprint density at radius 2 is 1.84 bits per heavy atom. The van der Waals surface area contributed by atoms with Crippen LogP contribution in [0.4, 0.5) is 5.69 Å². The van der Waals surface area contributed by atoms with E-state index >= 15 is 0 Å². The number of amides is 1. The quantitative estimate of drug-likeness (QED) is 0.470. The lowest BCUT2D eigenvalue weighted by molar-refractivity contribution is 0.102. The molecule has 0 saturated carbocycles. The van der Waals surface area contributed by atoms with Gasteiger partial charge in [0.2, 0.25) is 5.89 Å². The minimum absolute atomic E-state index is 0.00278. The largest absolute Gasteiger partial charge is 0.494 e. The predicted molar refractivity (Wildman–Crippen MR) is 116 cm³/mol. The molecule has 0 radical (unpaired) electrons. The zero-order valence-electron chi connectivity index (χ0n) is 17.6. The minimum Gasteiger partial charge on any atom is -0.494 e. The lowest BCUT2D eigenvalue weighted by Crippen LogP contribution is -2.23. The molecule has 0 fully saturated rings. The van der Waals surface area contributed by atoms with Crippen LogP contribution in [0.25, 0.3) is 17.3 Å². The van der Waals surface area contributed by atoms with Crippen molar-refractivity contribution in [1.29, 1.82) is 0 Å². The van der Waals surface area contributed by atoms with Crippen molar-refractivity contribution in [2.45, 2.75) is 6.92 Å². The third-order valence-corrected chi connectivity index (χ3v) is 4.59. The van der Waals surface area contributed by atoms with Gasteiger partial charge in [-0.2, -0.15) is 0 Å². The van der Waals surface area contributed by atoms with E-state index in [0.29, 0.717) is 29.4 Å². The topological polar surface area (TPSA) is 117 Å². The molecule has 1 N–H and O–H groups in total. The van der Waals surface area contributed by atoms with E-state index in [0.717, 1.165) is 4.52 Å². The molecule has 164 valence electrons. The molecular formula is C22H20N4O6. The van der Waals surface area contributed by atoms with E-state index in [9.17, 15) is 9.59 Å². The molecule has 10 heteroatoms. The van der Waals surface area contributed by atoms with Crippen LogP contribution in [-0.4, -0.2) is 41.3 Å². The Balaban J connectivity index is 1.61. The first-order valence-corrected chi connectivity index (χ1v) is 9.69. The SMILES string of the molecule is CCOc1ccc(-c2nn3c(=O)c(NC(=O)c4ccc(OC)c(OC)c4)cnc3o2)cc1. The van der Waals surface area contributed by atoms with Crippen LogP contribution in [0.5, 0.6) is 17.2 Å². The van der Waals surface area contributed by atoms with Gasteiger partial charge in [0, 0.05) is 11.1 Å². The second-order valence-corrected chi connectivity index (χ2v) is 6.56.